The highest BCUT2D eigenvalue weighted by molar-refractivity contribution is 7.87. The van der Waals surface area contributed by atoms with E-state index in [0.29, 0.717) is 0 Å². The monoisotopic (exact) mass is 458 g/mol. The van der Waals surface area contributed by atoms with E-state index in [1.54, 1.807) is 19.1 Å². The Balaban J connectivity index is 2.24. The highest BCUT2D eigenvalue weighted by atomic mass is 32.2. The minimum Gasteiger partial charge on any atom is -0.378 e. The van der Waals surface area contributed by atoms with Crippen LogP contribution in [-0.4, -0.2) is 34.4 Å². The molecule has 154 valence electrons. The zero-order valence-electron chi connectivity index (χ0n) is 14.7. The van der Waals surface area contributed by atoms with Crippen molar-refractivity contribution in [1.29, 1.82) is 0 Å². The molecule has 0 unspecified atom stereocenters. The molecule has 0 amide bonds. The van der Waals surface area contributed by atoms with Crippen molar-refractivity contribution in [2.24, 2.45) is 0 Å². The smallest absolute Gasteiger partial charge is 0.339 e. The molecule has 3 rings (SSSR count). The predicted octanol–water partition coefficient (Wildman–Crippen LogP) is 2.41. The van der Waals surface area contributed by atoms with Gasteiger partial charge in [0.15, 0.2) is 5.75 Å². The third kappa shape index (κ3) is 4.57. The van der Waals surface area contributed by atoms with Gasteiger partial charge >= 0.3 is 10.1 Å². The SMILES string of the molecule is Cc1ccc(S(=O)(=O)Oc2cc(S(=O)(=O)O)cc3cc(S(=O)(=O)O)ccc23)cc1. The van der Waals surface area contributed by atoms with Crippen LogP contribution >= 0.6 is 0 Å². The lowest BCUT2D eigenvalue weighted by atomic mass is 10.1. The Kier molecular flexibility index (Phi) is 5.17. The zero-order chi connectivity index (χ0) is 21.6. The minimum atomic E-state index is -4.78. The van der Waals surface area contributed by atoms with E-state index in [1.807, 2.05) is 0 Å². The summed E-state index contributed by atoms with van der Waals surface area (Å²) in [5, 5.41) is -0.0511. The molecule has 3 aromatic carbocycles. The summed E-state index contributed by atoms with van der Waals surface area (Å²) >= 11 is 0. The van der Waals surface area contributed by atoms with E-state index < -0.39 is 45.9 Å². The summed E-state index contributed by atoms with van der Waals surface area (Å²) in [5.74, 6) is -0.447. The summed E-state index contributed by atoms with van der Waals surface area (Å²) in [6.45, 7) is 1.76. The van der Waals surface area contributed by atoms with Crippen LogP contribution in [0.25, 0.3) is 10.8 Å². The van der Waals surface area contributed by atoms with Crippen LogP contribution in [0, 0.1) is 6.92 Å². The Labute approximate surface area is 167 Å². The maximum atomic E-state index is 12.6. The molecule has 0 aliphatic rings. The molecule has 0 heterocycles. The summed E-state index contributed by atoms with van der Waals surface area (Å²) in [6, 6.07) is 10.5. The van der Waals surface area contributed by atoms with Crippen molar-refractivity contribution in [2.75, 3.05) is 0 Å². The number of benzene rings is 3. The molecule has 3 aromatic rings. The van der Waals surface area contributed by atoms with E-state index in [1.165, 1.54) is 12.1 Å². The molecule has 0 fully saturated rings. The van der Waals surface area contributed by atoms with Gasteiger partial charge in [-0.1, -0.05) is 17.7 Å². The molecule has 12 heteroatoms. The number of hydrogen-bond donors (Lipinski definition) is 2. The topological polar surface area (TPSA) is 152 Å². The molecule has 0 radical (unpaired) electrons. The van der Waals surface area contributed by atoms with E-state index in [4.69, 9.17) is 4.18 Å². The molecule has 0 saturated heterocycles. The van der Waals surface area contributed by atoms with Crippen molar-refractivity contribution in [1.82, 2.24) is 0 Å². The first kappa shape index (κ1) is 21.2. The van der Waals surface area contributed by atoms with Crippen LogP contribution in [0.1, 0.15) is 5.56 Å². The predicted molar refractivity (Wildman–Crippen MR) is 103 cm³/mol. The number of fused-ring (bicyclic) bond motifs is 1. The Morgan fingerprint density at radius 2 is 1.21 bits per heavy atom. The van der Waals surface area contributed by atoms with Crippen LogP contribution < -0.4 is 4.18 Å². The van der Waals surface area contributed by atoms with Gasteiger partial charge in [0, 0.05) is 11.5 Å². The molecule has 0 bridgehead atoms. The van der Waals surface area contributed by atoms with Crippen molar-refractivity contribution >= 4 is 41.1 Å². The molecule has 9 nitrogen and oxygen atoms in total. The molecular formula is C17H14O9S3. The Morgan fingerprint density at radius 3 is 1.76 bits per heavy atom. The van der Waals surface area contributed by atoms with Gasteiger partial charge in [0.2, 0.25) is 0 Å². The summed E-state index contributed by atoms with van der Waals surface area (Å²) in [7, 11) is -13.8. The van der Waals surface area contributed by atoms with Gasteiger partial charge in [-0.05, 0) is 48.7 Å². The Hall–Kier alpha value is -2.51. The second-order valence-corrected chi connectivity index (χ2v) is 10.5. The standard InChI is InChI=1S/C17H14O9S3/c1-11-2-4-13(5-3-11)29(24,25)26-17-10-15(28(21,22)23)9-12-8-14(27(18,19)20)6-7-16(12)17/h2-10H,1H3,(H,18,19,20)(H,21,22,23). The van der Waals surface area contributed by atoms with Gasteiger partial charge in [-0.2, -0.15) is 25.3 Å². The van der Waals surface area contributed by atoms with Gasteiger partial charge in [-0.25, -0.2) is 0 Å². The van der Waals surface area contributed by atoms with E-state index in [0.717, 1.165) is 35.9 Å². The van der Waals surface area contributed by atoms with Crippen molar-refractivity contribution in [3.8, 4) is 5.75 Å². The highest BCUT2D eigenvalue weighted by Crippen LogP contribution is 2.33. The largest absolute Gasteiger partial charge is 0.378 e. The van der Waals surface area contributed by atoms with Crippen LogP contribution in [0.3, 0.4) is 0 Å². The third-order valence-corrected chi connectivity index (χ3v) is 6.89. The first-order chi connectivity index (χ1) is 13.3. The molecule has 0 saturated carbocycles. The van der Waals surface area contributed by atoms with Gasteiger partial charge < -0.3 is 4.18 Å². The van der Waals surface area contributed by atoms with Crippen molar-refractivity contribution in [3.63, 3.8) is 0 Å². The molecule has 0 aliphatic heterocycles. The Morgan fingerprint density at radius 1 is 0.690 bits per heavy atom. The van der Waals surface area contributed by atoms with Crippen LogP contribution in [0.15, 0.2) is 69.3 Å². The zero-order valence-corrected chi connectivity index (χ0v) is 17.1. The first-order valence-corrected chi connectivity index (χ1v) is 12.1. The average Bonchev–Trinajstić information content (AvgIpc) is 2.59. The van der Waals surface area contributed by atoms with E-state index in [2.05, 4.69) is 0 Å². The van der Waals surface area contributed by atoms with Gasteiger partial charge in [0.05, 0.1) is 9.79 Å². The number of rotatable bonds is 5. The molecule has 2 N–H and O–H groups in total. The van der Waals surface area contributed by atoms with Crippen LogP contribution in [0.4, 0.5) is 0 Å². The van der Waals surface area contributed by atoms with Gasteiger partial charge in [-0.3, -0.25) is 9.11 Å². The molecule has 0 aromatic heterocycles. The molecule has 0 atom stereocenters. The number of aryl methyl sites for hydroxylation is 1. The van der Waals surface area contributed by atoms with Crippen LogP contribution in [0.2, 0.25) is 0 Å². The van der Waals surface area contributed by atoms with Gasteiger partial charge in [0.1, 0.15) is 4.90 Å². The van der Waals surface area contributed by atoms with Gasteiger partial charge in [0.25, 0.3) is 20.2 Å². The quantitative estimate of drug-likeness (QED) is 0.433. The van der Waals surface area contributed by atoms with E-state index >= 15 is 0 Å². The minimum absolute atomic E-state index is 0.0421. The molecule has 0 aliphatic carbocycles. The van der Waals surface area contributed by atoms with Crippen molar-refractivity contribution in [3.05, 3.63) is 60.2 Å². The second-order valence-electron chi connectivity index (χ2n) is 6.10. The maximum absolute atomic E-state index is 12.6. The molecular weight excluding hydrogens is 444 g/mol. The fourth-order valence-corrected chi connectivity index (χ4v) is 4.52. The maximum Gasteiger partial charge on any atom is 0.339 e. The van der Waals surface area contributed by atoms with Crippen molar-refractivity contribution < 1.29 is 38.5 Å². The van der Waals surface area contributed by atoms with E-state index in [-0.39, 0.29) is 15.7 Å². The normalized spacial score (nSPS) is 12.8. The second kappa shape index (κ2) is 7.07. The number of hydrogen-bond acceptors (Lipinski definition) is 7. The van der Waals surface area contributed by atoms with Gasteiger partial charge in [-0.15, -0.1) is 0 Å². The van der Waals surface area contributed by atoms with Crippen molar-refractivity contribution in [2.45, 2.75) is 21.6 Å². The Bertz CT molecular complexity index is 1420. The molecule has 0 spiro atoms. The lowest BCUT2D eigenvalue weighted by molar-refractivity contribution is 0.477. The van der Waals surface area contributed by atoms with Crippen LogP contribution in [0.5, 0.6) is 5.75 Å². The first-order valence-electron chi connectivity index (χ1n) is 7.81. The summed E-state index contributed by atoms with van der Waals surface area (Å²) < 4.78 is 94.6. The van der Waals surface area contributed by atoms with Crippen LogP contribution in [-0.2, 0) is 30.4 Å². The lowest BCUT2D eigenvalue weighted by Crippen LogP contribution is -2.11. The summed E-state index contributed by atoms with van der Waals surface area (Å²) in [5.41, 5.74) is 0.806. The molecule has 29 heavy (non-hydrogen) atoms. The lowest BCUT2D eigenvalue weighted by Gasteiger charge is -2.12. The summed E-state index contributed by atoms with van der Waals surface area (Å²) in [6.07, 6.45) is 0. The third-order valence-electron chi connectivity index (χ3n) is 3.96. The summed E-state index contributed by atoms with van der Waals surface area (Å²) in [4.78, 5) is -1.46. The van der Waals surface area contributed by atoms with E-state index in [9.17, 15) is 34.4 Å². The highest BCUT2D eigenvalue weighted by Gasteiger charge is 2.22. The fourth-order valence-electron chi connectivity index (χ4n) is 2.54. The fraction of sp³-hybridized carbons (Fsp3) is 0.0588. The average molecular weight is 458 g/mol.